The van der Waals surface area contributed by atoms with Crippen LogP contribution < -0.4 is 5.32 Å². The number of hydrogen-bond acceptors (Lipinski definition) is 3. The molecule has 1 heterocycles. The number of anilines is 1. The SMILES string of the molecule is Cc1nc(N[C@H](C)c2cccc(C(F)(F)F)c2C)c2cc(I)c(F)cc2n1. The van der Waals surface area contributed by atoms with E-state index in [1.165, 1.54) is 19.1 Å². The molecule has 142 valence electrons. The van der Waals surface area contributed by atoms with Gasteiger partial charge in [0.05, 0.1) is 17.1 Å². The normalized spacial score (nSPS) is 13.0. The summed E-state index contributed by atoms with van der Waals surface area (Å²) < 4.78 is 53.8. The zero-order chi connectivity index (χ0) is 19.9. The number of aromatic nitrogens is 2. The Morgan fingerprint density at radius 2 is 1.81 bits per heavy atom. The average Bonchev–Trinajstić information content (AvgIpc) is 2.55. The molecule has 0 aliphatic rings. The van der Waals surface area contributed by atoms with E-state index in [2.05, 4.69) is 15.3 Å². The Hall–Kier alpha value is -1.97. The summed E-state index contributed by atoms with van der Waals surface area (Å²) in [6, 6.07) is 6.64. The molecule has 0 aliphatic heterocycles. The molecule has 0 radical (unpaired) electrons. The van der Waals surface area contributed by atoms with Crippen molar-refractivity contribution in [1.29, 1.82) is 0 Å². The first kappa shape index (κ1) is 19.8. The summed E-state index contributed by atoms with van der Waals surface area (Å²) >= 11 is 1.88. The largest absolute Gasteiger partial charge is 0.416 e. The van der Waals surface area contributed by atoms with Gasteiger partial charge in [0.2, 0.25) is 0 Å². The zero-order valence-electron chi connectivity index (χ0n) is 14.7. The van der Waals surface area contributed by atoms with Crippen LogP contribution in [-0.2, 0) is 6.18 Å². The molecule has 0 spiro atoms. The van der Waals surface area contributed by atoms with Crippen molar-refractivity contribution < 1.29 is 17.6 Å². The smallest absolute Gasteiger partial charge is 0.363 e. The van der Waals surface area contributed by atoms with Gasteiger partial charge in [-0.3, -0.25) is 0 Å². The van der Waals surface area contributed by atoms with Crippen LogP contribution in [0.15, 0.2) is 30.3 Å². The summed E-state index contributed by atoms with van der Waals surface area (Å²) in [5, 5.41) is 3.78. The van der Waals surface area contributed by atoms with Gasteiger partial charge >= 0.3 is 6.18 Å². The first-order chi connectivity index (χ1) is 12.6. The van der Waals surface area contributed by atoms with Crippen LogP contribution >= 0.6 is 22.6 Å². The van der Waals surface area contributed by atoms with Gasteiger partial charge in [-0.1, -0.05) is 12.1 Å². The van der Waals surface area contributed by atoms with E-state index < -0.39 is 17.8 Å². The van der Waals surface area contributed by atoms with E-state index in [1.807, 2.05) is 22.6 Å². The second-order valence-corrected chi connectivity index (χ2v) is 7.45. The van der Waals surface area contributed by atoms with Crippen LogP contribution in [0.25, 0.3) is 10.9 Å². The van der Waals surface area contributed by atoms with Crippen LogP contribution in [0.2, 0.25) is 0 Å². The van der Waals surface area contributed by atoms with Gasteiger partial charge in [0.15, 0.2) is 0 Å². The molecular formula is C19H16F4IN3. The summed E-state index contributed by atoms with van der Waals surface area (Å²) in [4.78, 5) is 8.61. The summed E-state index contributed by atoms with van der Waals surface area (Å²) in [6.45, 7) is 4.90. The Morgan fingerprint density at radius 3 is 2.48 bits per heavy atom. The lowest BCUT2D eigenvalue weighted by molar-refractivity contribution is -0.138. The summed E-state index contributed by atoms with van der Waals surface area (Å²) in [5.41, 5.74) is 0.469. The number of rotatable bonds is 3. The van der Waals surface area contributed by atoms with E-state index in [1.54, 1.807) is 26.0 Å². The Kier molecular flexibility index (Phi) is 5.29. The highest BCUT2D eigenvalue weighted by Gasteiger charge is 2.33. The predicted octanol–water partition coefficient (Wildman–Crippen LogP) is 6.18. The number of fused-ring (bicyclic) bond motifs is 1. The Bertz CT molecular complexity index is 1020. The van der Waals surface area contributed by atoms with E-state index in [-0.39, 0.29) is 11.4 Å². The molecule has 2 aromatic carbocycles. The quantitative estimate of drug-likeness (QED) is 0.353. The highest BCUT2D eigenvalue weighted by Crippen LogP contribution is 2.35. The summed E-state index contributed by atoms with van der Waals surface area (Å²) in [5.74, 6) is 0.521. The second-order valence-electron chi connectivity index (χ2n) is 6.29. The lowest BCUT2D eigenvalue weighted by Gasteiger charge is -2.21. The van der Waals surface area contributed by atoms with Crippen LogP contribution in [0.5, 0.6) is 0 Å². The van der Waals surface area contributed by atoms with Crippen molar-refractivity contribution in [2.45, 2.75) is 33.0 Å². The lowest BCUT2D eigenvalue weighted by Crippen LogP contribution is -2.14. The van der Waals surface area contributed by atoms with E-state index in [4.69, 9.17) is 0 Å². The lowest BCUT2D eigenvalue weighted by atomic mass is 9.97. The molecule has 3 nitrogen and oxygen atoms in total. The number of alkyl halides is 3. The summed E-state index contributed by atoms with van der Waals surface area (Å²) in [7, 11) is 0. The number of hydrogen-bond donors (Lipinski definition) is 1. The van der Waals surface area contributed by atoms with E-state index in [0.717, 1.165) is 6.07 Å². The van der Waals surface area contributed by atoms with Gasteiger partial charge in [-0.2, -0.15) is 13.2 Å². The summed E-state index contributed by atoms with van der Waals surface area (Å²) in [6.07, 6.45) is -4.41. The predicted molar refractivity (Wildman–Crippen MR) is 105 cm³/mol. The molecular weight excluding hydrogens is 473 g/mol. The van der Waals surface area contributed by atoms with Gasteiger partial charge in [0.1, 0.15) is 17.5 Å². The fraction of sp³-hybridized carbons (Fsp3) is 0.263. The minimum Gasteiger partial charge on any atom is -0.363 e. The Morgan fingerprint density at radius 1 is 1.11 bits per heavy atom. The van der Waals surface area contributed by atoms with Crippen molar-refractivity contribution >= 4 is 39.3 Å². The zero-order valence-corrected chi connectivity index (χ0v) is 16.9. The minimum atomic E-state index is -4.41. The molecule has 0 amide bonds. The number of nitrogens with zero attached hydrogens (tertiary/aromatic N) is 2. The first-order valence-corrected chi connectivity index (χ1v) is 9.22. The molecule has 0 aliphatic carbocycles. The van der Waals surface area contributed by atoms with Gasteiger partial charge < -0.3 is 5.32 Å². The van der Waals surface area contributed by atoms with E-state index in [9.17, 15) is 17.6 Å². The van der Waals surface area contributed by atoms with Crippen LogP contribution in [0.1, 0.15) is 35.5 Å². The molecule has 0 fully saturated rings. The molecule has 3 aromatic rings. The van der Waals surface area contributed by atoms with Crippen LogP contribution in [0.4, 0.5) is 23.4 Å². The molecule has 0 bridgehead atoms. The number of benzene rings is 2. The van der Waals surface area contributed by atoms with Crippen LogP contribution in [0, 0.1) is 23.2 Å². The van der Waals surface area contributed by atoms with Crippen molar-refractivity contribution in [3.63, 3.8) is 0 Å². The van der Waals surface area contributed by atoms with Crippen molar-refractivity contribution in [1.82, 2.24) is 9.97 Å². The average molecular weight is 489 g/mol. The number of nitrogens with one attached hydrogen (secondary N) is 1. The number of aryl methyl sites for hydroxylation is 1. The highest BCUT2D eigenvalue weighted by atomic mass is 127. The maximum Gasteiger partial charge on any atom is 0.416 e. The molecule has 8 heteroatoms. The van der Waals surface area contributed by atoms with Crippen LogP contribution in [-0.4, -0.2) is 9.97 Å². The van der Waals surface area contributed by atoms with Crippen molar-refractivity contribution in [2.24, 2.45) is 0 Å². The van der Waals surface area contributed by atoms with Crippen LogP contribution in [0.3, 0.4) is 0 Å². The maximum atomic E-state index is 13.9. The third-order valence-corrected chi connectivity index (χ3v) is 5.18. The van der Waals surface area contributed by atoms with E-state index >= 15 is 0 Å². The fourth-order valence-corrected chi connectivity index (χ4v) is 3.53. The second kappa shape index (κ2) is 7.21. The molecule has 0 unspecified atom stereocenters. The van der Waals surface area contributed by atoms with Gasteiger partial charge in [-0.25, -0.2) is 14.4 Å². The molecule has 1 N–H and O–H groups in total. The van der Waals surface area contributed by atoms with E-state index in [0.29, 0.717) is 31.7 Å². The Labute approximate surface area is 167 Å². The van der Waals surface area contributed by atoms with Gasteiger partial charge in [0.25, 0.3) is 0 Å². The Balaban J connectivity index is 2.05. The first-order valence-electron chi connectivity index (χ1n) is 8.14. The molecule has 1 atom stereocenters. The molecule has 1 aromatic heterocycles. The van der Waals surface area contributed by atoms with Crippen molar-refractivity contribution in [2.75, 3.05) is 5.32 Å². The van der Waals surface area contributed by atoms with Crippen molar-refractivity contribution in [3.8, 4) is 0 Å². The molecule has 0 saturated heterocycles. The topological polar surface area (TPSA) is 37.8 Å². The maximum absolute atomic E-state index is 13.9. The van der Waals surface area contributed by atoms with Gasteiger partial charge in [-0.05, 0) is 66.6 Å². The van der Waals surface area contributed by atoms with Crippen molar-refractivity contribution in [3.05, 3.63) is 62.2 Å². The minimum absolute atomic E-state index is 0.167. The van der Waals surface area contributed by atoms with Gasteiger partial charge in [-0.15, -0.1) is 0 Å². The molecule has 27 heavy (non-hydrogen) atoms. The molecule has 0 saturated carbocycles. The molecule has 3 rings (SSSR count). The third kappa shape index (κ3) is 3.99. The highest BCUT2D eigenvalue weighted by molar-refractivity contribution is 14.1. The van der Waals surface area contributed by atoms with Gasteiger partial charge in [0, 0.05) is 15.0 Å². The number of halogens is 5. The fourth-order valence-electron chi connectivity index (χ4n) is 3.06. The standard InChI is InChI=1S/C19H16F4IN3/c1-9-12(5-4-6-14(9)19(21,22)23)10(2)25-18-13-7-16(24)15(20)8-17(13)26-11(3)27-18/h4-8,10H,1-3H3,(H,25,26,27)/t10-/m1/s1. The monoisotopic (exact) mass is 489 g/mol. The third-order valence-electron chi connectivity index (χ3n) is 4.35.